The van der Waals surface area contributed by atoms with Crippen LogP contribution in [0.2, 0.25) is 0 Å². The molecule has 0 aliphatic heterocycles. The Kier molecular flexibility index (Phi) is 6.13. The highest BCUT2D eigenvalue weighted by Gasteiger charge is 2.03. The fraction of sp³-hybridized carbons (Fsp3) is 0.429. The lowest BCUT2D eigenvalue weighted by Crippen LogP contribution is -2.23. The minimum Gasteiger partial charge on any atom is -0.372 e. The number of thioether (sulfide) groups is 1. The Hall–Kier alpha value is -1.47. The average molecular weight is 321 g/mol. The summed E-state index contributed by atoms with van der Waals surface area (Å²) in [6, 6.07) is 8.13. The molecule has 2 aromatic rings. The van der Waals surface area contributed by atoms with Crippen LogP contribution in [0.25, 0.3) is 0 Å². The van der Waals surface area contributed by atoms with Crippen LogP contribution in [0.1, 0.15) is 20.3 Å². The van der Waals surface area contributed by atoms with Gasteiger partial charge in [0.2, 0.25) is 0 Å². The molecule has 1 aromatic heterocycles. The van der Waals surface area contributed by atoms with Gasteiger partial charge in [0.25, 0.3) is 5.13 Å². The molecule has 0 amide bonds. The molecule has 1 aromatic carbocycles. The van der Waals surface area contributed by atoms with Crippen molar-refractivity contribution in [3.8, 4) is 0 Å². The van der Waals surface area contributed by atoms with Crippen LogP contribution in [0.4, 0.5) is 16.5 Å². The summed E-state index contributed by atoms with van der Waals surface area (Å²) in [5.74, 6) is 0. The SMILES string of the molecule is CCCN(CC)c1ccc(N=Nc2nnc(SC)s2)cc1. The van der Waals surface area contributed by atoms with Crippen LogP contribution in [-0.2, 0) is 0 Å². The van der Waals surface area contributed by atoms with E-state index in [1.54, 1.807) is 11.8 Å². The van der Waals surface area contributed by atoms with Crippen LogP contribution >= 0.6 is 23.1 Å². The third-order valence-electron chi connectivity index (χ3n) is 2.91. The number of nitrogens with zero attached hydrogens (tertiary/aromatic N) is 5. The Morgan fingerprint density at radius 2 is 1.90 bits per heavy atom. The van der Waals surface area contributed by atoms with E-state index in [-0.39, 0.29) is 0 Å². The van der Waals surface area contributed by atoms with E-state index in [1.165, 1.54) is 17.0 Å². The van der Waals surface area contributed by atoms with Crippen molar-refractivity contribution in [3.05, 3.63) is 24.3 Å². The number of hydrogen-bond donors (Lipinski definition) is 0. The van der Waals surface area contributed by atoms with E-state index in [9.17, 15) is 0 Å². The van der Waals surface area contributed by atoms with E-state index < -0.39 is 0 Å². The van der Waals surface area contributed by atoms with Crippen LogP contribution in [0.3, 0.4) is 0 Å². The maximum atomic E-state index is 4.20. The summed E-state index contributed by atoms with van der Waals surface area (Å²) >= 11 is 3.00. The second-order valence-corrected chi connectivity index (χ2v) is 6.36. The zero-order valence-corrected chi connectivity index (χ0v) is 14.1. The minimum absolute atomic E-state index is 0.588. The minimum atomic E-state index is 0.588. The first-order valence-corrected chi connectivity index (χ1v) is 8.95. The molecule has 5 nitrogen and oxygen atoms in total. The number of aromatic nitrogens is 2. The fourth-order valence-corrected chi connectivity index (χ4v) is 2.98. The van der Waals surface area contributed by atoms with Crippen molar-refractivity contribution in [3.63, 3.8) is 0 Å². The molecule has 1 heterocycles. The second kappa shape index (κ2) is 8.09. The smallest absolute Gasteiger partial charge is 0.252 e. The molecular weight excluding hydrogens is 302 g/mol. The van der Waals surface area contributed by atoms with Crippen LogP contribution < -0.4 is 4.90 Å². The zero-order valence-electron chi connectivity index (χ0n) is 12.5. The Balaban J connectivity index is 2.04. The van der Waals surface area contributed by atoms with Gasteiger partial charge in [0.05, 0.1) is 5.69 Å². The van der Waals surface area contributed by atoms with Crippen LogP contribution in [0.15, 0.2) is 38.8 Å². The number of hydrogen-bond acceptors (Lipinski definition) is 7. The Labute approximate surface area is 133 Å². The van der Waals surface area contributed by atoms with E-state index in [4.69, 9.17) is 0 Å². The van der Waals surface area contributed by atoms with Gasteiger partial charge >= 0.3 is 0 Å². The summed E-state index contributed by atoms with van der Waals surface area (Å²) < 4.78 is 0.900. The van der Waals surface area contributed by atoms with Gasteiger partial charge in [-0.2, -0.15) is 0 Å². The van der Waals surface area contributed by atoms with Crippen molar-refractivity contribution < 1.29 is 0 Å². The van der Waals surface area contributed by atoms with Crippen LogP contribution in [0, 0.1) is 0 Å². The maximum Gasteiger partial charge on any atom is 0.252 e. The molecule has 7 heteroatoms. The van der Waals surface area contributed by atoms with Gasteiger partial charge < -0.3 is 4.90 Å². The maximum absolute atomic E-state index is 4.20. The molecule has 0 saturated heterocycles. The molecule has 112 valence electrons. The highest BCUT2D eigenvalue weighted by molar-refractivity contribution is 8.00. The standard InChI is InChI=1S/C14H19N5S2/c1-4-10-19(5-2)12-8-6-11(7-9-12)15-16-13-17-18-14(20-3)21-13/h6-9H,4-5,10H2,1-3H3. The first kappa shape index (κ1) is 15.9. The van der Waals surface area contributed by atoms with Gasteiger partial charge in [-0.15, -0.1) is 20.4 Å². The summed E-state index contributed by atoms with van der Waals surface area (Å²) in [6.45, 7) is 6.44. The van der Waals surface area contributed by atoms with Gasteiger partial charge in [-0.3, -0.25) is 0 Å². The molecule has 2 rings (SSSR count). The molecule has 0 aliphatic rings. The van der Waals surface area contributed by atoms with Gasteiger partial charge in [-0.05, 0) is 43.9 Å². The number of rotatable bonds is 7. The molecule has 0 saturated carbocycles. The quantitative estimate of drug-likeness (QED) is 0.537. The predicted octanol–water partition coefficient (Wildman–Crippen LogP) is 4.91. The topological polar surface area (TPSA) is 53.7 Å². The second-order valence-electron chi connectivity index (χ2n) is 4.35. The third-order valence-corrected chi connectivity index (χ3v) is 4.69. The molecule has 21 heavy (non-hydrogen) atoms. The van der Waals surface area contributed by atoms with Gasteiger partial charge in [0.1, 0.15) is 0 Å². The largest absolute Gasteiger partial charge is 0.372 e. The zero-order chi connectivity index (χ0) is 15.1. The molecule has 0 bridgehead atoms. The van der Waals surface area contributed by atoms with E-state index in [1.807, 2.05) is 18.4 Å². The van der Waals surface area contributed by atoms with Crippen molar-refractivity contribution >= 4 is 39.6 Å². The average Bonchev–Trinajstić information content (AvgIpc) is 2.99. The van der Waals surface area contributed by atoms with E-state index in [0.29, 0.717) is 5.13 Å². The van der Waals surface area contributed by atoms with Gasteiger partial charge in [-0.25, -0.2) is 0 Å². The summed E-state index contributed by atoms with van der Waals surface area (Å²) in [4.78, 5) is 2.34. The molecule has 0 unspecified atom stereocenters. The summed E-state index contributed by atoms with van der Waals surface area (Å²) in [7, 11) is 0. The normalized spacial score (nSPS) is 11.2. The first-order chi connectivity index (χ1) is 10.3. The monoisotopic (exact) mass is 321 g/mol. The molecule has 0 radical (unpaired) electrons. The van der Waals surface area contributed by atoms with E-state index in [0.717, 1.165) is 29.5 Å². The Morgan fingerprint density at radius 1 is 1.14 bits per heavy atom. The highest BCUT2D eigenvalue weighted by atomic mass is 32.2. The first-order valence-electron chi connectivity index (χ1n) is 6.91. The van der Waals surface area contributed by atoms with Crippen molar-refractivity contribution in [1.82, 2.24) is 10.2 Å². The number of anilines is 1. The lowest BCUT2D eigenvalue weighted by Gasteiger charge is -2.22. The van der Waals surface area contributed by atoms with Crippen LogP contribution in [-0.4, -0.2) is 29.5 Å². The fourth-order valence-electron chi connectivity index (χ4n) is 1.90. The van der Waals surface area contributed by atoms with Gasteiger partial charge in [0.15, 0.2) is 4.34 Å². The lowest BCUT2D eigenvalue weighted by molar-refractivity contribution is 0.792. The molecule has 0 N–H and O–H groups in total. The Bertz CT molecular complexity index is 579. The summed E-state index contributed by atoms with van der Waals surface area (Å²) in [5, 5.41) is 16.9. The highest BCUT2D eigenvalue weighted by Crippen LogP contribution is 2.27. The molecule has 0 aliphatic carbocycles. The molecule has 0 spiro atoms. The molecule has 0 atom stereocenters. The predicted molar refractivity (Wildman–Crippen MR) is 90.5 cm³/mol. The third kappa shape index (κ3) is 4.50. The van der Waals surface area contributed by atoms with Crippen molar-refractivity contribution in [2.24, 2.45) is 10.2 Å². The molecule has 0 fully saturated rings. The van der Waals surface area contributed by atoms with Gasteiger partial charge in [0, 0.05) is 18.8 Å². The van der Waals surface area contributed by atoms with Crippen molar-refractivity contribution in [2.45, 2.75) is 24.6 Å². The van der Waals surface area contributed by atoms with Crippen molar-refractivity contribution in [2.75, 3.05) is 24.2 Å². The number of azo groups is 1. The van der Waals surface area contributed by atoms with Gasteiger partial charge in [-0.1, -0.05) is 30.0 Å². The Morgan fingerprint density at radius 3 is 2.48 bits per heavy atom. The van der Waals surface area contributed by atoms with E-state index in [2.05, 4.69) is 51.3 Å². The molecular formula is C14H19N5S2. The summed E-state index contributed by atoms with van der Waals surface area (Å²) in [6.07, 6.45) is 3.11. The lowest BCUT2D eigenvalue weighted by atomic mass is 10.2. The summed E-state index contributed by atoms with van der Waals surface area (Å²) in [5.41, 5.74) is 2.05. The van der Waals surface area contributed by atoms with Crippen LogP contribution in [0.5, 0.6) is 0 Å². The van der Waals surface area contributed by atoms with E-state index >= 15 is 0 Å². The van der Waals surface area contributed by atoms with Crippen molar-refractivity contribution in [1.29, 1.82) is 0 Å². The number of benzene rings is 1.